The second-order valence-electron chi connectivity index (χ2n) is 12.3. The zero-order valence-electron chi connectivity index (χ0n) is 23.8. The van der Waals surface area contributed by atoms with Crippen LogP contribution in [0.15, 0.2) is 51.6 Å². The van der Waals surface area contributed by atoms with Gasteiger partial charge in [0.25, 0.3) is 0 Å². The van der Waals surface area contributed by atoms with Crippen molar-refractivity contribution in [2.45, 2.75) is 78.6 Å². The van der Waals surface area contributed by atoms with E-state index < -0.39 is 0 Å². The van der Waals surface area contributed by atoms with Gasteiger partial charge in [-0.2, -0.15) is 4.02 Å². The molecule has 3 rings (SSSR count). The predicted molar refractivity (Wildman–Crippen MR) is 159 cm³/mol. The van der Waals surface area contributed by atoms with Crippen molar-refractivity contribution in [3.8, 4) is 5.75 Å². The Morgan fingerprint density at radius 2 is 1.65 bits per heavy atom. The van der Waals surface area contributed by atoms with Crippen molar-refractivity contribution < 1.29 is 9.94 Å². The smallest absolute Gasteiger partial charge is 0.123 e. The maximum atomic E-state index is 11.2. The highest BCUT2D eigenvalue weighted by atomic mass is 79.9. The van der Waals surface area contributed by atoms with E-state index in [0.717, 1.165) is 54.0 Å². The number of nitrogens with zero attached hydrogens (tertiary/aromatic N) is 3. The Labute approximate surface area is 232 Å². The fraction of sp³-hybridized carbons (Fsp3) is 0.548. The monoisotopic (exact) mass is 569 g/mol. The topological polar surface area (TPSA) is 57.4 Å². The van der Waals surface area contributed by atoms with Crippen LogP contribution in [0.3, 0.4) is 0 Å². The third kappa shape index (κ3) is 6.95. The Hall–Kier alpha value is -2.34. The third-order valence-electron chi connectivity index (χ3n) is 7.33. The third-order valence-corrected chi connectivity index (χ3v) is 7.69. The van der Waals surface area contributed by atoms with Crippen molar-refractivity contribution in [1.29, 1.82) is 0 Å². The molecule has 1 heterocycles. The van der Waals surface area contributed by atoms with Gasteiger partial charge in [-0.15, -0.1) is 0 Å². The van der Waals surface area contributed by atoms with Crippen molar-refractivity contribution >= 4 is 27.7 Å². The molecule has 2 aromatic carbocycles. The Morgan fingerprint density at radius 1 is 1.05 bits per heavy atom. The van der Waals surface area contributed by atoms with E-state index in [9.17, 15) is 5.11 Å². The van der Waals surface area contributed by atoms with Crippen molar-refractivity contribution in [1.82, 2.24) is 4.90 Å². The van der Waals surface area contributed by atoms with Gasteiger partial charge in [0, 0.05) is 29.2 Å². The van der Waals surface area contributed by atoms with Gasteiger partial charge in [-0.25, -0.2) is 0 Å². The van der Waals surface area contributed by atoms with Gasteiger partial charge in [0.1, 0.15) is 24.4 Å². The summed E-state index contributed by atoms with van der Waals surface area (Å²) in [6, 6.07) is 14.8. The summed E-state index contributed by atoms with van der Waals surface area (Å²) in [4.78, 5) is 7.71. The molecule has 0 aromatic heterocycles. The van der Waals surface area contributed by atoms with Crippen LogP contribution in [-0.4, -0.2) is 41.8 Å². The van der Waals surface area contributed by atoms with E-state index in [-0.39, 0.29) is 10.8 Å². The molecule has 2 atom stereocenters. The number of aromatic hydroxyl groups is 1. The van der Waals surface area contributed by atoms with E-state index in [1.54, 1.807) is 7.11 Å². The lowest BCUT2D eigenvalue weighted by molar-refractivity contribution is 0.212. The molecule has 0 aliphatic carbocycles. The second-order valence-corrected chi connectivity index (χ2v) is 12.7. The van der Waals surface area contributed by atoms with E-state index in [1.807, 2.05) is 0 Å². The first-order valence-electron chi connectivity index (χ1n) is 13.4. The minimum absolute atomic E-state index is 0.221. The zero-order chi connectivity index (χ0) is 27.4. The van der Waals surface area contributed by atoms with Crippen molar-refractivity contribution in [2.24, 2.45) is 21.0 Å². The van der Waals surface area contributed by atoms with E-state index in [4.69, 9.17) is 4.84 Å². The quantitative estimate of drug-likeness (QED) is 0.262. The first-order chi connectivity index (χ1) is 17.4. The number of phenolic OH excluding ortho intramolecular Hbond substituents is 1. The van der Waals surface area contributed by atoms with Crippen LogP contribution in [0.2, 0.25) is 0 Å². The molecular formula is C31H44BrN3O2. The van der Waals surface area contributed by atoms with Crippen LogP contribution >= 0.6 is 16.1 Å². The molecule has 1 saturated heterocycles. The number of hydrogen-bond acceptors (Lipinski definition) is 4. The molecule has 37 heavy (non-hydrogen) atoms. The number of amidine groups is 1. The van der Waals surface area contributed by atoms with E-state index in [0.29, 0.717) is 24.1 Å². The lowest BCUT2D eigenvalue weighted by atomic mass is 9.78. The summed E-state index contributed by atoms with van der Waals surface area (Å²) in [5, 5.41) is 15.7. The number of hydrogen-bond donors (Lipinski definition) is 1. The fourth-order valence-corrected chi connectivity index (χ4v) is 5.90. The van der Waals surface area contributed by atoms with E-state index >= 15 is 0 Å². The number of likely N-dealkylation sites (tertiary alicyclic amines) is 1. The Balaban J connectivity index is 2.02. The van der Waals surface area contributed by atoms with Crippen LogP contribution in [0.1, 0.15) is 83.6 Å². The maximum absolute atomic E-state index is 11.2. The van der Waals surface area contributed by atoms with Crippen LogP contribution in [0, 0.1) is 11.8 Å². The number of halogens is 1. The molecule has 0 saturated carbocycles. The molecule has 1 N–H and O–H groups in total. The van der Waals surface area contributed by atoms with E-state index in [2.05, 4.69) is 121 Å². The lowest BCUT2D eigenvalue weighted by Gasteiger charge is -2.29. The van der Waals surface area contributed by atoms with Gasteiger partial charge in [-0.1, -0.05) is 90.4 Å². The summed E-state index contributed by atoms with van der Waals surface area (Å²) in [6.07, 6.45) is 3.25. The summed E-state index contributed by atoms with van der Waals surface area (Å²) in [7, 11) is 1.59. The normalized spacial score (nSPS) is 20.1. The molecule has 0 radical (unpaired) electrons. The SMILES string of the molecule is CCC[C@H]1CN(C/C(=N/OC)c2cc(C(C)(C)C)c(O)c(C(C)(C)C)c2)/C(=N\Br)[C@@H]1Cc1ccccc1. The lowest BCUT2D eigenvalue weighted by Crippen LogP contribution is -2.34. The summed E-state index contributed by atoms with van der Waals surface area (Å²) < 4.78 is 4.63. The van der Waals surface area contributed by atoms with E-state index in [1.165, 1.54) is 5.56 Å². The summed E-state index contributed by atoms with van der Waals surface area (Å²) in [5.74, 6) is 2.29. The van der Waals surface area contributed by atoms with Gasteiger partial charge in [0.05, 0.1) is 22.7 Å². The molecule has 6 heteroatoms. The number of phenols is 1. The number of rotatable bonds is 8. The zero-order valence-corrected chi connectivity index (χ0v) is 25.4. The molecule has 2 aromatic rings. The Bertz CT molecular complexity index is 1080. The molecular weight excluding hydrogens is 526 g/mol. The average Bonchev–Trinajstić information content (AvgIpc) is 3.13. The summed E-state index contributed by atoms with van der Waals surface area (Å²) in [6.45, 7) is 16.5. The average molecular weight is 571 g/mol. The molecule has 0 unspecified atom stereocenters. The van der Waals surface area contributed by atoms with Crippen LogP contribution in [0.5, 0.6) is 5.75 Å². The first kappa shape index (κ1) is 29.2. The minimum Gasteiger partial charge on any atom is -0.507 e. The Kier molecular flexibility index (Phi) is 9.49. The summed E-state index contributed by atoms with van der Waals surface area (Å²) in [5.41, 5.74) is 4.53. The van der Waals surface area contributed by atoms with Gasteiger partial charge in [0.2, 0.25) is 0 Å². The van der Waals surface area contributed by atoms with Gasteiger partial charge in [-0.3, -0.25) is 0 Å². The fourth-order valence-electron chi connectivity index (χ4n) is 5.41. The van der Waals surface area contributed by atoms with Crippen molar-refractivity contribution in [3.63, 3.8) is 0 Å². The van der Waals surface area contributed by atoms with Crippen molar-refractivity contribution in [2.75, 3.05) is 20.2 Å². The maximum Gasteiger partial charge on any atom is 0.123 e. The predicted octanol–water partition coefficient (Wildman–Crippen LogP) is 7.64. The molecule has 1 fully saturated rings. The van der Waals surface area contributed by atoms with Crippen LogP contribution < -0.4 is 0 Å². The molecule has 5 nitrogen and oxygen atoms in total. The molecule has 0 amide bonds. The highest BCUT2D eigenvalue weighted by Gasteiger charge is 2.38. The minimum atomic E-state index is -0.221. The highest BCUT2D eigenvalue weighted by Crippen LogP contribution is 2.40. The number of oxime groups is 1. The van der Waals surface area contributed by atoms with Crippen LogP contribution in [-0.2, 0) is 22.1 Å². The van der Waals surface area contributed by atoms with Crippen molar-refractivity contribution in [3.05, 3.63) is 64.7 Å². The molecule has 1 aliphatic rings. The van der Waals surface area contributed by atoms with Crippen LogP contribution in [0.25, 0.3) is 0 Å². The Morgan fingerprint density at radius 3 is 2.14 bits per heavy atom. The molecule has 0 bridgehead atoms. The van der Waals surface area contributed by atoms with Crippen LogP contribution in [0.4, 0.5) is 0 Å². The standard InChI is InChI=1S/C31H44BrN3O2/c1-9-13-22-19-35(29(33-32)24(22)16-21-14-11-10-12-15-21)20-27(34-37-8)23-17-25(30(2,3)4)28(36)26(18-23)31(5,6)7/h10-12,14-15,17-18,22,24,36H,9,13,16,19-20H2,1-8H3/b33-29-,34-27-/t22-,24+/m0/s1. The first-order valence-corrected chi connectivity index (χ1v) is 14.1. The van der Waals surface area contributed by atoms with Gasteiger partial charge in [0.15, 0.2) is 0 Å². The van der Waals surface area contributed by atoms with Gasteiger partial charge in [-0.05, 0) is 47.3 Å². The second kappa shape index (κ2) is 12.0. The molecule has 1 aliphatic heterocycles. The highest BCUT2D eigenvalue weighted by molar-refractivity contribution is 9.08. The molecule has 202 valence electrons. The summed E-state index contributed by atoms with van der Waals surface area (Å²) >= 11 is 3.46. The van der Waals surface area contributed by atoms with Gasteiger partial charge >= 0.3 is 0 Å². The molecule has 0 spiro atoms. The van der Waals surface area contributed by atoms with Gasteiger partial charge < -0.3 is 14.8 Å². The number of benzene rings is 2. The largest absolute Gasteiger partial charge is 0.507 e.